The van der Waals surface area contributed by atoms with Gasteiger partial charge in [0.15, 0.2) is 0 Å². The van der Waals surface area contributed by atoms with E-state index in [1.54, 1.807) is 0 Å². The maximum Gasteiger partial charge on any atom is 0.319 e. The van der Waals surface area contributed by atoms with Gasteiger partial charge in [0.2, 0.25) is 0 Å². The average Bonchev–Trinajstić information content (AvgIpc) is 2.41. The number of pyridine rings is 1. The van der Waals surface area contributed by atoms with Crippen molar-refractivity contribution in [3.05, 3.63) is 57.8 Å². The summed E-state index contributed by atoms with van der Waals surface area (Å²) >= 11 is 3.39. The Morgan fingerprint density at radius 2 is 2.05 bits per heavy atom. The molecule has 0 aliphatic heterocycles. The Bertz CT molecular complexity index is 628. The Morgan fingerprint density at radius 1 is 1.25 bits per heavy atom. The van der Waals surface area contributed by atoms with Crippen molar-refractivity contribution < 1.29 is 4.79 Å². The summed E-state index contributed by atoms with van der Waals surface area (Å²) in [6, 6.07) is 11.3. The van der Waals surface area contributed by atoms with Crippen LogP contribution in [0.4, 0.5) is 10.5 Å². The molecule has 0 atom stereocenters. The van der Waals surface area contributed by atoms with Gasteiger partial charge in [-0.05, 0) is 43.7 Å². The highest BCUT2D eigenvalue weighted by Gasteiger charge is 2.05. The van der Waals surface area contributed by atoms with Crippen molar-refractivity contribution in [2.45, 2.75) is 20.4 Å². The number of benzene rings is 1. The molecule has 104 valence electrons. The van der Waals surface area contributed by atoms with E-state index in [2.05, 4.69) is 31.5 Å². The summed E-state index contributed by atoms with van der Waals surface area (Å²) in [5, 5.41) is 5.62. The molecule has 2 N–H and O–H groups in total. The Hall–Kier alpha value is -1.88. The van der Waals surface area contributed by atoms with Crippen molar-refractivity contribution in [2.75, 3.05) is 5.32 Å². The number of amides is 2. The molecular weight excluding hydrogens is 318 g/mol. The lowest BCUT2D eigenvalue weighted by Gasteiger charge is -2.10. The van der Waals surface area contributed by atoms with Gasteiger partial charge in [-0.1, -0.05) is 28.1 Å². The van der Waals surface area contributed by atoms with Crippen molar-refractivity contribution in [3.63, 3.8) is 0 Å². The van der Waals surface area contributed by atoms with E-state index in [0.717, 1.165) is 27.1 Å². The van der Waals surface area contributed by atoms with E-state index in [4.69, 9.17) is 0 Å². The van der Waals surface area contributed by atoms with Crippen LogP contribution in [0.1, 0.15) is 17.0 Å². The lowest BCUT2D eigenvalue weighted by molar-refractivity contribution is 0.251. The molecule has 2 aromatic rings. The van der Waals surface area contributed by atoms with Gasteiger partial charge >= 0.3 is 6.03 Å². The number of hydrogen-bond acceptors (Lipinski definition) is 2. The fourth-order valence-electron chi connectivity index (χ4n) is 1.76. The normalized spacial score (nSPS) is 10.2. The highest BCUT2D eigenvalue weighted by molar-refractivity contribution is 9.10. The molecule has 2 amide bonds. The lowest BCUT2D eigenvalue weighted by Crippen LogP contribution is -2.28. The van der Waals surface area contributed by atoms with Crippen molar-refractivity contribution in [1.82, 2.24) is 10.3 Å². The third-order valence-corrected chi connectivity index (χ3v) is 3.32. The number of urea groups is 1. The maximum atomic E-state index is 11.9. The smallest absolute Gasteiger partial charge is 0.319 e. The largest absolute Gasteiger partial charge is 0.332 e. The third-order valence-electron chi connectivity index (χ3n) is 2.82. The molecule has 5 heteroatoms. The molecule has 0 unspecified atom stereocenters. The molecule has 1 aromatic heterocycles. The van der Waals surface area contributed by atoms with Crippen LogP contribution in [-0.4, -0.2) is 11.0 Å². The number of aryl methyl sites for hydroxylation is 2. The molecule has 1 aromatic carbocycles. The van der Waals surface area contributed by atoms with Crippen molar-refractivity contribution in [1.29, 1.82) is 0 Å². The summed E-state index contributed by atoms with van der Waals surface area (Å²) in [4.78, 5) is 16.2. The molecule has 2 rings (SSSR count). The SMILES string of the molecule is Cc1cccc(CNC(=O)Nc2cc(Br)ccc2C)n1. The quantitative estimate of drug-likeness (QED) is 0.897. The van der Waals surface area contributed by atoms with Gasteiger partial charge in [0.25, 0.3) is 0 Å². The molecule has 0 aliphatic carbocycles. The predicted molar refractivity (Wildman–Crippen MR) is 83.7 cm³/mol. The first-order chi connectivity index (χ1) is 9.54. The molecule has 0 aliphatic rings. The first-order valence-electron chi connectivity index (χ1n) is 6.28. The molecule has 20 heavy (non-hydrogen) atoms. The molecule has 0 saturated heterocycles. The number of anilines is 1. The minimum Gasteiger partial charge on any atom is -0.332 e. The Balaban J connectivity index is 1.94. The number of hydrogen-bond donors (Lipinski definition) is 2. The minimum absolute atomic E-state index is 0.241. The number of aromatic nitrogens is 1. The second kappa shape index (κ2) is 6.52. The van der Waals surface area contributed by atoms with Crippen LogP contribution >= 0.6 is 15.9 Å². The van der Waals surface area contributed by atoms with Gasteiger partial charge < -0.3 is 10.6 Å². The van der Waals surface area contributed by atoms with Gasteiger partial charge in [-0.3, -0.25) is 4.98 Å². The lowest BCUT2D eigenvalue weighted by atomic mass is 10.2. The molecule has 4 nitrogen and oxygen atoms in total. The van der Waals surface area contributed by atoms with Gasteiger partial charge in [-0.15, -0.1) is 0 Å². The third kappa shape index (κ3) is 4.06. The number of carbonyl (C=O) groups is 1. The first kappa shape index (κ1) is 14.5. The van der Waals surface area contributed by atoms with Crippen LogP contribution < -0.4 is 10.6 Å². The fourth-order valence-corrected chi connectivity index (χ4v) is 2.13. The summed E-state index contributed by atoms with van der Waals surface area (Å²) < 4.78 is 0.929. The van der Waals surface area contributed by atoms with Crippen LogP contribution in [0.15, 0.2) is 40.9 Å². The predicted octanol–water partition coefficient (Wildman–Crippen LogP) is 3.78. The van der Waals surface area contributed by atoms with Crippen molar-refractivity contribution in [2.24, 2.45) is 0 Å². The van der Waals surface area contributed by atoms with Crippen LogP contribution in [0.2, 0.25) is 0 Å². The Kier molecular flexibility index (Phi) is 4.74. The van der Waals surface area contributed by atoms with E-state index in [1.807, 2.05) is 50.2 Å². The molecule has 0 spiro atoms. The molecule has 0 fully saturated rings. The Labute approximate surface area is 126 Å². The minimum atomic E-state index is -0.241. The zero-order valence-corrected chi connectivity index (χ0v) is 13.0. The van der Waals surface area contributed by atoms with Crippen molar-refractivity contribution in [3.8, 4) is 0 Å². The summed E-state index contributed by atoms with van der Waals surface area (Å²) in [6.45, 7) is 4.28. The second-order valence-corrected chi connectivity index (χ2v) is 5.45. The van der Waals surface area contributed by atoms with Crippen LogP contribution in [0.25, 0.3) is 0 Å². The molecular formula is C15H16BrN3O. The van der Waals surface area contributed by atoms with E-state index in [-0.39, 0.29) is 6.03 Å². The van der Waals surface area contributed by atoms with E-state index in [9.17, 15) is 4.79 Å². The highest BCUT2D eigenvalue weighted by atomic mass is 79.9. The second-order valence-electron chi connectivity index (χ2n) is 4.54. The van der Waals surface area contributed by atoms with Gasteiger partial charge in [-0.2, -0.15) is 0 Å². The van der Waals surface area contributed by atoms with Crippen LogP contribution in [0.5, 0.6) is 0 Å². The average molecular weight is 334 g/mol. The van der Waals surface area contributed by atoms with Crippen LogP contribution in [-0.2, 0) is 6.54 Å². The zero-order valence-electron chi connectivity index (χ0n) is 11.4. The summed E-state index contributed by atoms with van der Waals surface area (Å²) in [5.74, 6) is 0. The number of halogens is 1. The summed E-state index contributed by atoms with van der Waals surface area (Å²) in [5.41, 5.74) is 3.57. The molecule has 1 heterocycles. The molecule has 0 saturated carbocycles. The number of carbonyl (C=O) groups excluding carboxylic acids is 1. The number of nitrogens with one attached hydrogen (secondary N) is 2. The Morgan fingerprint density at radius 3 is 2.80 bits per heavy atom. The highest BCUT2D eigenvalue weighted by Crippen LogP contribution is 2.20. The van der Waals surface area contributed by atoms with Crippen molar-refractivity contribution >= 4 is 27.6 Å². The zero-order chi connectivity index (χ0) is 14.5. The number of rotatable bonds is 3. The van der Waals surface area contributed by atoms with Gasteiger partial charge in [0.05, 0.1) is 12.2 Å². The van der Waals surface area contributed by atoms with Crippen LogP contribution in [0.3, 0.4) is 0 Å². The molecule has 0 radical (unpaired) electrons. The number of nitrogens with zero attached hydrogens (tertiary/aromatic N) is 1. The standard InChI is InChI=1S/C15H16BrN3O/c1-10-6-7-12(16)8-14(10)19-15(20)17-9-13-5-3-4-11(2)18-13/h3-8H,9H2,1-2H3,(H2,17,19,20). The summed E-state index contributed by atoms with van der Waals surface area (Å²) in [7, 11) is 0. The topological polar surface area (TPSA) is 54.0 Å². The van der Waals surface area contributed by atoms with E-state index >= 15 is 0 Å². The van der Waals surface area contributed by atoms with Gasteiger partial charge in [0, 0.05) is 15.9 Å². The van der Waals surface area contributed by atoms with E-state index in [1.165, 1.54) is 0 Å². The fraction of sp³-hybridized carbons (Fsp3) is 0.200. The monoisotopic (exact) mass is 333 g/mol. The van der Waals surface area contributed by atoms with E-state index < -0.39 is 0 Å². The maximum absolute atomic E-state index is 11.9. The first-order valence-corrected chi connectivity index (χ1v) is 7.07. The van der Waals surface area contributed by atoms with Crippen LogP contribution in [0, 0.1) is 13.8 Å². The molecule has 0 bridgehead atoms. The van der Waals surface area contributed by atoms with Gasteiger partial charge in [0.1, 0.15) is 0 Å². The van der Waals surface area contributed by atoms with Gasteiger partial charge in [-0.25, -0.2) is 4.79 Å². The summed E-state index contributed by atoms with van der Waals surface area (Å²) in [6.07, 6.45) is 0. The van der Waals surface area contributed by atoms with E-state index in [0.29, 0.717) is 6.54 Å².